The molecule has 140 valence electrons. The van der Waals surface area contributed by atoms with Crippen molar-refractivity contribution in [1.82, 2.24) is 5.16 Å². The van der Waals surface area contributed by atoms with Gasteiger partial charge in [-0.3, -0.25) is 4.79 Å². The smallest absolute Gasteiger partial charge is 0.226 e. The molecule has 0 aliphatic rings. The number of nitrogens with zero attached hydrogens (tertiary/aromatic N) is 1. The number of ketones is 1. The summed E-state index contributed by atoms with van der Waals surface area (Å²) in [5.41, 5.74) is 0.291. The van der Waals surface area contributed by atoms with Crippen LogP contribution in [0.15, 0.2) is 90.9 Å². The van der Waals surface area contributed by atoms with Gasteiger partial charge in [-0.1, -0.05) is 45.4 Å². The van der Waals surface area contributed by atoms with Crippen LogP contribution >= 0.6 is 27.3 Å². The van der Waals surface area contributed by atoms with E-state index in [0.717, 1.165) is 4.47 Å². The molecule has 0 bridgehead atoms. The van der Waals surface area contributed by atoms with Gasteiger partial charge in [0.15, 0.2) is 16.3 Å². The number of rotatable bonds is 5. The third-order valence-electron chi connectivity index (χ3n) is 4.04. The van der Waals surface area contributed by atoms with E-state index in [1.807, 2.05) is 0 Å². The van der Waals surface area contributed by atoms with E-state index in [-0.39, 0.29) is 21.2 Å². The van der Waals surface area contributed by atoms with Crippen molar-refractivity contribution in [3.05, 3.63) is 87.2 Å². The van der Waals surface area contributed by atoms with Gasteiger partial charge in [-0.05, 0) is 47.8 Å². The number of carbonyl (C=O) groups excluding carboxylic acids is 1. The van der Waals surface area contributed by atoms with Gasteiger partial charge in [0.1, 0.15) is 0 Å². The van der Waals surface area contributed by atoms with Crippen molar-refractivity contribution in [2.75, 3.05) is 0 Å². The van der Waals surface area contributed by atoms with Crippen molar-refractivity contribution in [2.24, 2.45) is 0 Å². The summed E-state index contributed by atoms with van der Waals surface area (Å²) in [6.07, 6.45) is 0. The van der Waals surface area contributed by atoms with Gasteiger partial charge in [0.25, 0.3) is 0 Å². The van der Waals surface area contributed by atoms with E-state index in [9.17, 15) is 13.2 Å². The Labute approximate surface area is 173 Å². The standard InChI is InChI=1S/C20H12BrNO4S2/c21-14-10-8-13(9-11-14)19-20(28(24,25)15-5-2-1-3-6-15)17(22-26-19)18(23)16-7-4-12-27-16/h1-12H. The molecule has 0 aliphatic heterocycles. The van der Waals surface area contributed by atoms with Crippen LogP contribution in [0.5, 0.6) is 0 Å². The lowest BCUT2D eigenvalue weighted by Crippen LogP contribution is -2.10. The summed E-state index contributed by atoms with van der Waals surface area (Å²) >= 11 is 4.57. The molecule has 28 heavy (non-hydrogen) atoms. The van der Waals surface area contributed by atoms with Crippen molar-refractivity contribution in [3.8, 4) is 11.3 Å². The van der Waals surface area contributed by atoms with E-state index in [4.69, 9.17) is 4.52 Å². The molecule has 5 nitrogen and oxygen atoms in total. The summed E-state index contributed by atoms with van der Waals surface area (Å²) in [4.78, 5) is 13.2. The lowest BCUT2D eigenvalue weighted by Gasteiger charge is -2.06. The maximum absolute atomic E-state index is 13.4. The predicted octanol–water partition coefficient (Wildman–Crippen LogP) is 5.23. The second-order valence-electron chi connectivity index (χ2n) is 5.82. The Kier molecular flexibility index (Phi) is 5.01. The second-order valence-corrected chi connectivity index (χ2v) is 9.57. The Morgan fingerprint density at radius 1 is 0.964 bits per heavy atom. The average molecular weight is 474 g/mol. The summed E-state index contributed by atoms with van der Waals surface area (Å²) in [6, 6.07) is 18.2. The lowest BCUT2D eigenvalue weighted by atomic mass is 10.1. The first-order chi connectivity index (χ1) is 13.5. The van der Waals surface area contributed by atoms with Crippen LogP contribution in [-0.2, 0) is 9.84 Å². The highest BCUT2D eigenvalue weighted by molar-refractivity contribution is 9.10. The fourth-order valence-corrected chi connectivity index (χ4v) is 5.17. The zero-order valence-electron chi connectivity index (χ0n) is 14.2. The highest BCUT2D eigenvalue weighted by Gasteiger charge is 2.34. The maximum Gasteiger partial charge on any atom is 0.226 e. The molecule has 4 aromatic rings. The van der Waals surface area contributed by atoms with Gasteiger partial charge in [-0.25, -0.2) is 8.42 Å². The maximum atomic E-state index is 13.4. The third kappa shape index (κ3) is 3.34. The van der Waals surface area contributed by atoms with Crippen molar-refractivity contribution in [2.45, 2.75) is 9.79 Å². The Bertz CT molecular complexity index is 1230. The molecule has 0 spiro atoms. The Morgan fingerprint density at radius 2 is 1.68 bits per heavy atom. The third-order valence-corrected chi connectivity index (χ3v) is 7.24. The quantitative estimate of drug-likeness (QED) is 0.370. The van der Waals surface area contributed by atoms with E-state index < -0.39 is 15.6 Å². The number of benzene rings is 2. The van der Waals surface area contributed by atoms with Crippen molar-refractivity contribution >= 4 is 42.9 Å². The number of sulfone groups is 1. The van der Waals surface area contributed by atoms with E-state index in [1.54, 1.807) is 60.0 Å². The van der Waals surface area contributed by atoms with Gasteiger partial charge < -0.3 is 4.52 Å². The molecule has 2 heterocycles. The minimum atomic E-state index is -4.04. The first kappa shape index (κ1) is 18.8. The zero-order valence-corrected chi connectivity index (χ0v) is 17.4. The first-order valence-electron chi connectivity index (χ1n) is 8.12. The number of carbonyl (C=O) groups is 1. The Morgan fingerprint density at radius 3 is 2.32 bits per heavy atom. The molecule has 0 unspecified atom stereocenters. The van der Waals surface area contributed by atoms with Gasteiger partial charge in [-0.2, -0.15) is 0 Å². The average Bonchev–Trinajstić information content (AvgIpc) is 3.39. The molecule has 0 amide bonds. The number of aromatic nitrogens is 1. The monoisotopic (exact) mass is 473 g/mol. The molecular formula is C20H12BrNO4S2. The highest BCUT2D eigenvalue weighted by atomic mass is 79.9. The van der Waals surface area contributed by atoms with Gasteiger partial charge >= 0.3 is 0 Å². The Hall–Kier alpha value is -2.55. The van der Waals surface area contributed by atoms with E-state index >= 15 is 0 Å². The van der Waals surface area contributed by atoms with Crippen LogP contribution in [0.3, 0.4) is 0 Å². The minimum Gasteiger partial charge on any atom is -0.354 e. The van der Waals surface area contributed by atoms with Crippen LogP contribution in [0.4, 0.5) is 0 Å². The van der Waals surface area contributed by atoms with Gasteiger partial charge in [-0.15, -0.1) is 11.3 Å². The second kappa shape index (κ2) is 7.46. The molecule has 0 fully saturated rings. The molecule has 2 aromatic heterocycles. The SMILES string of the molecule is O=C(c1cccs1)c1noc(-c2ccc(Br)cc2)c1S(=O)(=O)c1ccccc1. The predicted molar refractivity (Wildman–Crippen MR) is 109 cm³/mol. The molecule has 0 aliphatic carbocycles. The van der Waals surface area contributed by atoms with Crippen LogP contribution < -0.4 is 0 Å². The van der Waals surface area contributed by atoms with Crippen LogP contribution in [0.25, 0.3) is 11.3 Å². The van der Waals surface area contributed by atoms with Gasteiger partial charge in [0.2, 0.25) is 15.6 Å². The van der Waals surface area contributed by atoms with E-state index in [0.29, 0.717) is 10.4 Å². The summed E-state index contributed by atoms with van der Waals surface area (Å²) in [5, 5.41) is 5.60. The molecule has 0 radical (unpaired) electrons. The lowest BCUT2D eigenvalue weighted by molar-refractivity contribution is 0.103. The van der Waals surface area contributed by atoms with Crippen LogP contribution in [0.2, 0.25) is 0 Å². The summed E-state index contributed by atoms with van der Waals surface area (Å²) in [6.45, 7) is 0. The topological polar surface area (TPSA) is 77.2 Å². The van der Waals surface area contributed by atoms with E-state index in [1.165, 1.54) is 23.5 Å². The number of hydrogen-bond acceptors (Lipinski definition) is 6. The number of halogens is 1. The van der Waals surface area contributed by atoms with Crippen LogP contribution in [0.1, 0.15) is 15.4 Å². The molecule has 0 saturated heterocycles. The fourth-order valence-electron chi connectivity index (χ4n) is 2.70. The fraction of sp³-hybridized carbons (Fsp3) is 0. The number of thiophene rings is 1. The zero-order chi connectivity index (χ0) is 19.7. The van der Waals surface area contributed by atoms with E-state index in [2.05, 4.69) is 21.1 Å². The summed E-state index contributed by atoms with van der Waals surface area (Å²) < 4.78 is 33.0. The normalized spacial score (nSPS) is 11.5. The Balaban J connectivity index is 1.97. The van der Waals surface area contributed by atoms with Gasteiger partial charge in [0.05, 0.1) is 9.77 Å². The molecule has 0 atom stereocenters. The number of hydrogen-bond donors (Lipinski definition) is 0. The van der Waals surface area contributed by atoms with Gasteiger partial charge in [0, 0.05) is 10.0 Å². The van der Waals surface area contributed by atoms with Crippen LogP contribution in [0, 0.1) is 0 Å². The molecule has 8 heteroatoms. The first-order valence-corrected chi connectivity index (χ1v) is 11.3. The molecule has 0 N–H and O–H groups in total. The van der Waals surface area contributed by atoms with Crippen LogP contribution in [-0.4, -0.2) is 19.4 Å². The van der Waals surface area contributed by atoms with Crippen molar-refractivity contribution in [3.63, 3.8) is 0 Å². The largest absolute Gasteiger partial charge is 0.354 e. The van der Waals surface area contributed by atoms with Crippen molar-refractivity contribution < 1.29 is 17.7 Å². The highest BCUT2D eigenvalue weighted by Crippen LogP contribution is 2.36. The van der Waals surface area contributed by atoms with Crippen molar-refractivity contribution in [1.29, 1.82) is 0 Å². The molecule has 2 aromatic carbocycles. The molecule has 4 rings (SSSR count). The molecular weight excluding hydrogens is 462 g/mol. The summed E-state index contributed by atoms with van der Waals surface area (Å²) in [7, 11) is -4.04. The summed E-state index contributed by atoms with van der Waals surface area (Å²) in [5.74, 6) is -0.451. The molecule has 0 saturated carbocycles. The minimum absolute atomic E-state index is 0.0382.